The number of rotatable bonds is 6. The fourth-order valence-electron chi connectivity index (χ4n) is 4.98. The minimum atomic E-state index is -0.799. The lowest BCUT2D eigenvalue weighted by Gasteiger charge is -2.35. The van der Waals surface area contributed by atoms with Crippen LogP contribution in [-0.2, 0) is 13.2 Å². The van der Waals surface area contributed by atoms with Crippen molar-refractivity contribution in [1.29, 1.82) is 0 Å². The molecular weight excluding hydrogens is 480 g/mol. The minimum Gasteiger partial charge on any atom is -0.483 e. The number of nitrogens with one attached hydrogen (secondary N) is 1. The van der Waals surface area contributed by atoms with Gasteiger partial charge in [-0.25, -0.2) is 8.78 Å². The zero-order valence-electron chi connectivity index (χ0n) is 20.4. The molecule has 0 unspecified atom stereocenters. The first-order chi connectivity index (χ1) is 17.8. The van der Waals surface area contributed by atoms with Gasteiger partial charge in [-0.2, -0.15) is 0 Å². The van der Waals surface area contributed by atoms with Crippen molar-refractivity contribution in [2.24, 2.45) is 5.92 Å². The van der Waals surface area contributed by atoms with Crippen molar-refractivity contribution in [1.82, 2.24) is 14.8 Å². The summed E-state index contributed by atoms with van der Waals surface area (Å²) >= 11 is 0. The van der Waals surface area contributed by atoms with E-state index in [0.717, 1.165) is 30.5 Å². The summed E-state index contributed by atoms with van der Waals surface area (Å²) in [6, 6.07) is 12.2. The SMILES string of the molecule is C[C@H]1CCN2C[C@H](C1)n1cc(C(=O)NCc3ccc(F)cc3F)c(=O)c(OCc3ccccc3)c1C2=O. The molecule has 2 aromatic carbocycles. The number of benzene rings is 2. The summed E-state index contributed by atoms with van der Waals surface area (Å²) in [6.07, 6.45) is 3.04. The van der Waals surface area contributed by atoms with Gasteiger partial charge in [0.1, 0.15) is 23.8 Å². The Labute approximate surface area is 212 Å². The number of hydrogen-bond donors (Lipinski definition) is 1. The van der Waals surface area contributed by atoms with Gasteiger partial charge in [0.15, 0.2) is 11.4 Å². The van der Waals surface area contributed by atoms with Crippen molar-refractivity contribution in [2.45, 2.75) is 39.0 Å². The molecule has 9 heteroatoms. The molecule has 5 rings (SSSR count). The lowest BCUT2D eigenvalue weighted by molar-refractivity contribution is 0.0673. The summed E-state index contributed by atoms with van der Waals surface area (Å²) in [7, 11) is 0. The Morgan fingerprint density at radius 1 is 1.14 bits per heavy atom. The normalized spacial score (nSPS) is 18.7. The number of carbonyl (C=O) groups excluding carboxylic acids is 2. The summed E-state index contributed by atoms with van der Waals surface area (Å²) in [5.41, 5.74) is 0.120. The molecule has 0 saturated carbocycles. The van der Waals surface area contributed by atoms with Crippen LogP contribution in [0.5, 0.6) is 5.75 Å². The highest BCUT2D eigenvalue weighted by molar-refractivity contribution is 5.99. The smallest absolute Gasteiger partial charge is 0.274 e. The second-order valence-corrected chi connectivity index (χ2v) is 9.68. The van der Waals surface area contributed by atoms with E-state index in [9.17, 15) is 23.2 Å². The molecule has 37 heavy (non-hydrogen) atoms. The third kappa shape index (κ3) is 4.98. The summed E-state index contributed by atoms with van der Waals surface area (Å²) in [5.74, 6) is -2.38. The lowest BCUT2D eigenvalue weighted by atomic mass is 9.99. The van der Waals surface area contributed by atoms with Gasteiger partial charge in [0, 0.05) is 37.5 Å². The zero-order valence-corrected chi connectivity index (χ0v) is 20.4. The highest BCUT2D eigenvalue weighted by Crippen LogP contribution is 2.34. The Balaban J connectivity index is 1.53. The standard InChI is InChI=1S/C28H27F2N3O4/c1-17-9-10-32-14-21(11-17)33-15-22(27(35)31-13-19-7-8-20(29)12-23(19)30)25(34)26(24(33)28(32)36)37-16-18-5-3-2-4-6-18/h2-8,12,15,17,21H,9-11,13-14,16H2,1H3,(H,31,35)/t17-,21-/m0/s1. The quantitative estimate of drug-likeness (QED) is 0.546. The molecule has 1 saturated heterocycles. The first kappa shape index (κ1) is 24.7. The number of amides is 2. The van der Waals surface area contributed by atoms with Gasteiger partial charge in [0.2, 0.25) is 5.43 Å². The molecule has 2 amide bonds. The van der Waals surface area contributed by atoms with E-state index in [1.165, 1.54) is 12.3 Å². The Morgan fingerprint density at radius 3 is 2.68 bits per heavy atom. The molecule has 0 radical (unpaired) electrons. The molecule has 2 bridgehead atoms. The number of fused-ring (bicyclic) bond motifs is 4. The lowest BCUT2D eigenvalue weighted by Crippen LogP contribution is -2.44. The molecule has 3 aromatic rings. The van der Waals surface area contributed by atoms with Crippen LogP contribution in [-0.4, -0.2) is 34.4 Å². The van der Waals surface area contributed by atoms with Crippen LogP contribution in [0.25, 0.3) is 0 Å². The maximum atomic E-state index is 14.1. The highest BCUT2D eigenvalue weighted by atomic mass is 19.1. The average molecular weight is 508 g/mol. The van der Waals surface area contributed by atoms with Crippen molar-refractivity contribution < 1.29 is 23.1 Å². The molecule has 2 aliphatic rings. The van der Waals surface area contributed by atoms with Gasteiger partial charge in [0.25, 0.3) is 11.8 Å². The summed E-state index contributed by atoms with van der Waals surface area (Å²) in [6.45, 7) is 3.00. The topological polar surface area (TPSA) is 80.6 Å². The molecule has 1 aromatic heterocycles. The Bertz CT molecular complexity index is 1410. The van der Waals surface area contributed by atoms with Crippen LogP contribution in [0.15, 0.2) is 59.5 Å². The summed E-state index contributed by atoms with van der Waals surface area (Å²) < 4.78 is 35.0. The minimum absolute atomic E-state index is 0.0449. The molecule has 192 valence electrons. The maximum Gasteiger partial charge on any atom is 0.274 e. The van der Waals surface area contributed by atoms with E-state index in [-0.39, 0.29) is 47.7 Å². The fraction of sp³-hybridized carbons (Fsp3) is 0.321. The number of halogens is 2. The van der Waals surface area contributed by atoms with Gasteiger partial charge >= 0.3 is 0 Å². The Kier molecular flexibility index (Phi) is 6.78. The van der Waals surface area contributed by atoms with Crippen molar-refractivity contribution >= 4 is 11.8 Å². The predicted octanol–water partition coefficient (Wildman–Crippen LogP) is 4.06. The van der Waals surface area contributed by atoms with Gasteiger partial charge < -0.3 is 19.5 Å². The largest absolute Gasteiger partial charge is 0.483 e. The third-order valence-electron chi connectivity index (χ3n) is 7.00. The highest BCUT2D eigenvalue weighted by Gasteiger charge is 2.38. The van der Waals surface area contributed by atoms with Crippen molar-refractivity contribution in [2.75, 3.05) is 13.1 Å². The Hall–Kier alpha value is -4.01. The first-order valence-electron chi connectivity index (χ1n) is 12.3. The first-order valence-corrected chi connectivity index (χ1v) is 12.3. The molecule has 7 nitrogen and oxygen atoms in total. The van der Waals surface area contributed by atoms with Gasteiger partial charge in [0.05, 0.1) is 6.04 Å². The van der Waals surface area contributed by atoms with Gasteiger partial charge in [-0.1, -0.05) is 43.3 Å². The van der Waals surface area contributed by atoms with Crippen molar-refractivity contribution in [3.8, 4) is 5.75 Å². The van der Waals surface area contributed by atoms with Gasteiger partial charge in [-0.3, -0.25) is 14.4 Å². The monoisotopic (exact) mass is 507 g/mol. The van der Waals surface area contributed by atoms with Crippen LogP contribution in [0, 0.1) is 17.6 Å². The Morgan fingerprint density at radius 2 is 1.92 bits per heavy atom. The fourth-order valence-corrected chi connectivity index (χ4v) is 4.98. The van der Waals surface area contributed by atoms with E-state index < -0.39 is 23.0 Å². The zero-order chi connectivity index (χ0) is 26.1. The van der Waals surface area contributed by atoms with Crippen LogP contribution in [0.3, 0.4) is 0 Å². The number of aromatic nitrogens is 1. The number of carbonyl (C=O) groups is 2. The molecule has 1 fully saturated rings. The summed E-state index contributed by atoms with van der Waals surface area (Å²) in [4.78, 5) is 41.9. The van der Waals surface area contributed by atoms with E-state index in [2.05, 4.69) is 12.2 Å². The number of hydrogen-bond acceptors (Lipinski definition) is 4. The molecular formula is C28H27F2N3O4. The van der Waals surface area contributed by atoms with E-state index in [1.54, 1.807) is 9.47 Å². The van der Waals surface area contributed by atoms with E-state index in [0.29, 0.717) is 19.0 Å². The number of pyridine rings is 1. The van der Waals surface area contributed by atoms with Crippen molar-refractivity contribution in [3.63, 3.8) is 0 Å². The van der Waals surface area contributed by atoms with Crippen LogP contribution >= 0.6 is 0 Å². The second-order valence-electron chi connectivity index (χ2n) is 9.68. The van der Waals surface area contributed by atoms with E-state index in [4.69, 9.17) is 4.74 Å². The molecule has 2 aliphatic heterocycles. The van der Waals surface area contributed by atoms with Crippen LogP contribution in [0.2, 0.25) is 0 Å². The van der Waals surface area contributed by atoms with Crippen molar-refractivity contribution in [3.05, 3.63) is 99.0 Å². The molecule has 0 spiro atoms. The van der Waals surface area contributed by atoms with Crippen LogP contribution in [0.4, 0.5) is 8.78 Å². The average Bonchev–Trinajstić information content (AvgIpc) is 3.06. The van der Waals surface area contributed by atoms with Gasteiger partial charge in [-0.05, 0) is 30.4 Å². The predicted molar refractivity (Wildman–Crippen MR) is 132 cm³/mol. The molecule has 3 heterocycles. The molecule has 1 N–H and O–H groups in total. The number of nitrogens with zero attached hydrogens (tertiary/aromatic N) is 2. The number of ether oxygens (including phenoxy) is 1. The van der Waals surface area contributed by atoms with E-state index in [1.807, 2.05) is 30.3 Å². The third-order valence-corrected chi connectivity index (χ3v) is 7.00. The van der Waals surface area contributed by atoms with Crippen LogP contribution < -0.4 is 15.5 Å². The van der Waals surface area contributed by atoms with E-state index >= 15 is 0 Å². The summed E-state index contributed by atoms with van der Waals surface area (Å²) in [5, 5.41) is 2.55. The molecule has 2 atom stereocenters. The second kappa shape index (κ2) is 10.2. The van der Waals surface area contributed by atoms with Gasteiger partial charge in [-0.15, -0.1) is 0 Å². The van der Waals surface area contributed by atoms with Crippen LogP contribution in [0.1, 0.15) is 57.8 Å². The molecule has 0 aliphatic carbocycles. The maximum absolute atomic E-state index is 14.1.